The minimum absolute atomic E-state index is 0. The summed E-state index contributed by atoms with van der Waals surface area (Å²) >= 11 is 10.7. The summed E-state index contributed by atoms with van der Waals surface area (Å²) in [6, 6.07) is 23.5. The van der Waals surface area contributed by atoms with Crippen LogP contribution >= 0.6 is 57.6 Å². The molecule has 0 fully saturated rings. The first-order valence-corrected chi connectivity index (χ1v) is 24.2. The van der Waals surface area contributed by atoms with E-state index in [1.54, 1.807) is 76.7 Å². The summed E-state index contributed by atoms with van der Waals surface area (Å²) in [6.45, 7) is 5.06. The number of unbranched alkanes of at least 4 members (excludes halogenated alkanes) is 3. The Bertz CT molecular complexity index is 3160. The monoisotopic (exact) mass is 1090 g/mol. The molecule has 0 unspecified atom stereocenters. The van der Waals surface area contributed by atoms with Crippen molar-refractivity contribution in [1.29, 1.82) is 0 Å². The summed E-state index contributed by atoms with van der Waals surface area (Å²) in [6.07, 6.45) is 6.13. The van der Waals surface area contributed by atoms with Gasteiger partial charge in [0, 0.05) is 66.4 Å². The van der Waals surface area contributed by atoms with Gasteiger partial charge in [0.25, 0.3) is 12.9 Å². The van der Waals surface area contributed by atoms with E-state index in [1.165, 1.54) is 60.9 Å². The van der Waals surface area contributed by atoms with Crippen molar-refractivity contribution in [2.75, 3.05) is 0 Å². The van der Waals surface area contributed by atoms with Crippen molar-refractivity contribution < 1.29 is 51.7 Å². The van der Waals surface area contributed by atoms with Crippen LogP contribution < -0.4 is 14.6 Å². The van der Waals surface area contributed by atoms with Gasteiger partial charge in [0.05, 0.1) is 33.3 Å². The zero-order chi connectivity index (χ0) is 47.3. The number of hydrogen-bond donors (Lipinski definition) is 0. The molecule has 68 heavy (non-hydrogen) atoms. The largest absolute Gasteiger partial charge is 2.00 e. The number of rotatable bonds is 15. The first-order chi connectivity index (χ1) is 32.5. The number of ether oxygens (including phenoxy) is 2. The number of pyridine rings is 4. The van der Waals surface area contributed by atoms with E-state index in [4.69, 9.17) is 19.9 Å². The Morgan fingerprint density at radius 3 is 2.07 bits per heavy atom. The second kappa shape index (κ2) is 24.3. The van der Waals surface area contributed by atoms with Crippen molar-refractivity contribution in [3.8, 4) is 76.3 Å². The maximum Gasteiger partial charge on any atom is 2.00 e. The van der Waals surface area contributed by atoms with Gasteiger partial charge in [-0.25, -0.2) is 4.98 Å². The van der Waals surface area contributed by atoms with Gasteiger partial charge in [-0.1, -0.05) is 44.1 Å². The van der Waals surface area contributed by atoms with Gasteiger partial charge in [-0.3, -0.25) is 24.5 Å². The fourth-order valence-corrected chi connectivity index (χ4v) is 11.2. The minimum atomic E-state index is -4.50. The maximum atomic E-state index is 12.7. The molecule has 0 aliphatic carbocycles. The summed E-state index contributed by atoms with van der Waals surface area (Å²) in [5.41, 5.74) is 4.79. The molecule has 0 radical (unpaired) electrons. The number of hydrogen-bond acceptors (Lipinski definition) is 14. The van der Waals surface area contributed by atoms with Gasteiger partial charge in [-0.2, -0.15) is 18.3 Å². The van der Waals surface area contributed by atoms with Gasteiger partial charge in [-0.05, 0) is 108 Å². The number of aryl methyl sites for hydroxylation is 2. The summed E-state index contributed by atoms with van der Waals surface area (Å²) in [4.78, 5) is 45.7. The Kier molecular flexibility index (Phi) is 18.4. The quantitative estimate of drug-likeness (QED) is 0.0317. The first-order valence-electron chi connectivity index (χ1n) is 20.4. The van der Waals surface area contributed by atoms with Gasteiger partial charge >= 0.3 is 25.7 Å². The van der Waals surface area contributed by atoms with Crippen LogP contribution in [0.25, 0.3) is 80.3 Å². The number of nitrogens with zero attached hydrogens (tertiary/aromatic N) is 7. The van der Waals surface area contributed by atoms with Crippen molar-refractivity contribution >= 4 is 85.8 Å². The molecule has 0 amide bonds. The van der Waals surface area contributed by atoms with E-state index >= 15 is 0 Å². The van der Waals surface area contributed by atoms with Crippen LogP contribution in [0.5, 0.6) is 11.5 Å². The molecule has 9 aromatic heterocycles. The molecule has 0 atom stereocenters. The summed E-state index contributed by atoms with van der Waals surface area (Å²) in [7, 11) is 0. The van der Waals surface area contributed by atoms with Gasteiger partial charge in [-0.15, -0.1) is 45.3 Å². The molecule has 11 nitrogen and oxygen atoms in total. The normalized spacial score (nSPS) is 10.8. The smallest absolute Gasteiger partial charge is 0.753 e. The zero-order valence-electron chi connectivity index (χ0n) is 35.9. The second-order valence-corrected chi connectivity index (χ2v) is 18.7. The summed E-state index contributed by atoms with van der Waals surface area (Å²) in [5, 5.41) is 20.8. The van der Waals surface area contributed by atoms with Crippen LogP contribution in [0.3, 0.4) is 0 Å². The zero-order valence-corrected chi connectivity index (χ0v) is 41.7. The third-order valence-corrected chi connectivity index (χ3v) is 14.5. The van der Waals surface area contributed by atoms with Crippen LogP contribution in [0.15, 0.2) is 108 Å². The fraction of sp³-hybridized carbons (Fsp3) is 0.167. The predicted octanol–water partition coefficient (Wildman–Crippen LogP) is 13.9. The molecule has 0 saturated heterocycles. The average molecular weight is 1090 g/mol. The van der Waals surface area contributed by atoms with Crippen LogP contribution in [0, 0.1) is 6.92 Å². The molecular weight excluding hydrogens is 1060 g/mol. The van der Waals surface area contributed by atoms with Crippen LogP contribution in [0.1, 0.15) is 48.7 Å². The van der Waals surface area contributed by atoms with E-state index in [0.29, 0.717) is 52.9 Å². The van der Waals surface area contributed by atoms with Gasteiger partial charge < -0.3 is 25.1 Å². The maximum absolute atomic E-state index is 12.7. The van der Waals surface area contributed by atoms with E-state index in [0.717, 1.165) is 39.8 Å². The molecule has 9 heterocycles. The first kappa shape index (κ1) is 51.4. The SMILES string of the molecule is CCCCCCc1ccsc1-c1ccnc(-c2cc(C(F)(F)F)n[n-]2)c1.Cc1sc(-c2ccc(-c3ccnc(-c4cc(OC=O)cc(-c5cc(OC=O)ccn5)n4)c3)s2)c2ccsc12.[N-]=C=S.[Ru+2]. The van der Waals surface area contributed by atoms with Crippen LogP contribution in [-0.4, -0.2) is 43.1 Å². The van der Waals surface area contributed by atoms with E-state index in [-0.39, 0.29) is 25.2 Å². The second-order valence-electron chi connectivity index (χ2n) is 14.3. The summed E-state index contributed by atoms with van der Waals surface area (Å²) < 4.78 is 49.6. The molecule has 20 heteroatoms. The van der Waals surface area contributed by atoms with Crippen molar-refractivity contribution in [1.82, 2.24) is 30.1 Å². The van der Waals surface area contributed by atoms with Gasteiger partial charge in [0.15, 0.2) is 0 Å². The molecule has 0 aliphatic rings. The van der Waals surface area contributed by atoms with Gasteiger partial charge in [0.2, 0.25) is 0 Å². The molecular formula is C48H36F3N7O4RuS5. The predicted molar refractivity (Wildman–Crippen MR) is 264 cm³/mol. The number of carbonyl (C=O) groups is 2. The molecule has 0 saturated carbocycles. The Hall–Kier alpha value is -5.98. The molecule has 0 spiro atoms. The third kappa shape index (κ3) is 12.8. The number of fused-ring (bicyclic) bond motifs is 1. The molecule has 9 aromatic rings. The summed E-state index contributed by atoms with van der Waals surface area (Å²) in [5.74, 6) is 0.617. The Balaban J connectivity index is 0.000000222. The number of thiocarbonyl (C=S) groups is 1. The van der Waals surface area contributed by atoms with Gasteiger partial charge in [0.1, 0.15) is 17.2 Å². The molecule has 0 N–H and O–H groups in total. The van der Waals surface area contributed by atoms with Crippen molar-refractivity contribution in [2.45, 2.75) is 52.1 Å². The molecule has 0 bridgehead atoms. The number of thiophene rings is 4. The minimum Gasteiger partial charge on any atom is -0.753 e. The molecule has 0 aliphatic heterocycles. The Morgan fingerprint density at radius 2 is 1.37 bits per heavy atom. The molecule has 9 rings (SSSR count). The van der Waals surface area contributed by atoms with E-state index in [9.17, 15) is 22.8 Å². The van der Waals surface area contributed by atoms with Crippen molar-refractivity contribution in [3.63, 3.8) is 0 Å². The topological polar surface area (TPSA) is 153 Å². The van der Waals surface area contributed by atoms with E-state index < -0.39 is 11.9 Å². The average Bonchev–Trinajstić information content (AvgIpc) is 4.20. The van der Waals surface area contributed by atoms with Crippen molar-refractivity contribution in [2.24, 2.45) is 0 Å². The number of aromatic nitrogens is 6. The number of carbonyl (C=O) groups excluding carboxylic acids is 2. The van der Waals surface area contributed by atoms with Crippen molar-refractivity contribution in [3.05, 3.63) is 130 Å². The fourth-order valence-electron chi connectivity index (χ4n) is 6.91. The number of alkyl halides is 3. The Labute approximate surface area is 422 Å². The number of halogens is 3. The molecule has 346 valence electrons. The van der Waals surface area contributed by atoms with Crippen LogP contribution in [0.2, 0.25) is 0 Å². The number of isothiocyanates is 1. The van der Waals surface area contributed by atoms with Crippen LogP contribution in [0.4, 0.5) is 13.2 Å². The third-order valence-electron chi connectivity index (χ3n) is 9.94. The standard InChI is InChI=1S/C28H17N3O4S3.C19H19F3N3S.CNS.Ru/c1-16-27-20(6-9-36-27)28(37-16)26-3-2-25(38-26)17-4-7-29-21(10-17)23-12-19(35-15-33)13-24(31-23)22-11-18(34-14-32)5-8-30-22;1-2-3-4-5-6-13-8-10-26-18(13)14-7-9-23-15(11-14)16-12-17(25-24-16)19(20,21)22;2-1-3;/h2-15H,1H3;7-12H,2-6H2,1H3;;/q;2*-1;+2. The van der Waals surface area contributed by atoms with E-state index in [1.807, 2.05) is 29.5 Å². The van der Waals surface area contributed by atoms with Crippen LogP contribution in [-0.2, 0) is 41.7 Å². The Morgan fingerprint density at radius 1 is 0.735 bits per heavy atom. The molecule has 0 aromatic carbocycles. The van der Waals surface area contributed by atoms with E-state index in [2.05, 4.69) is 86.2 Å².